The lowest BCUT2D eigenvalue weighted by Crippen LogP contribution is -2.36. The van der Waals surface area contributed by atoms with E-state index >= 15 is 0 Å². The van der Waals surface area contributed by atoms with Crippen LogP contribution in [-0.4, -0.2) is 34.6 Å². The molecule has 0 bridgehead atoms. The first-order chi connectivity index (χ1) is 8.40. The first-order valence-electron chi connectivity index (χ1n) is 6.75. The maximum absolute atomic E-state index is 5.85. The number of nitrogens with one attached hydrogen (secondary N) is 1. The van der Waals surface area contributed by atoms with Gasteiger partial charge in [-0.25, -0.2) is 0 Å². The lowest BCUT2D eigenvalue weighted by atomic mass is 10.1. The zero-order valence-electron chi connectivity index (χ0n) is 12.4. The molecule has 0 aromatic carbocycles. The maximum Gasteiger partial charge on any atom is 0.0626 e. The number of aryl methyl sites for hydroxylation is 2. The quantitative estimate of drug-likeness (QED) is 0.809. The molecule has 0 spiro atoms. The van der Waals surface area contributed by atoms with Gasteiger partial charge in [-0.1, -0.05) is 6.92 Å². The number of aromatic nitrogens is 2. The monoisotopic (exact) mass is 253 g/mol. The van der Waals surface area contributed by atoms with E-state index in [0.717, 1.165) is 26.0 Å². The third-order valence-electron chi connectivity index (χ3n) is 2.75. The molecule has 1 rings (SSSR count). The van der Waals surface area contributed by atoms with Crippen LogP contribution in [0.2, 0.25) is 0 Å². The van der Waals surface area contributed by atoms with Crippen LogP contribution in [0.25, 0.3) is 0 Å². The topological polar surface area (TPSA) is 39.1 Å². The number of hydrogen-bond donors (Lipinski definition) is 1. The Bertz CT molecular complexity index is 341. The van der Waals surface area contributed by atoms with Crippen LogP contribution >= 0.6 is 0 Å². The van der Waals surface area contributed by atoms with Gasteiger partial charge >= 0.3 is 0 Å². The van der Waals surface area contributed by atoms with Crippen molar-refractivity contribution in [2.24, 2.45) is 7.05 Å². The van der Waals surface area contributed by atoms with Gasteiger partial charge < -0.3 is 10.1 Å². The van der Waals surface area contributed by atoms with Gasteiger partial charge in [-0.3, -0.25) is 4.68 Å². The second-order valence-electron chi connectivity index (χ2n) is 5.74. The van der Waals surface area contributed by atoms with Gasteiger partial charge in [-0.15, -0.1) is 0 Å². The fourth-order valence-electron chi connectivity index (χ4n) is 1.83. The Morgan fingerprint density at radius 3 is 2.67 bits per heavy atom. The molecule has 1 heterocycles. The summed E-state index contributed by atoms with van der Waals surface area (Å²) >= 11 is 0. The van der Waals surface area contributed by atoms with Crippen molar-refractivity contribution in [3.8, 4) is 0 Å². The van der Waals surface area contributed by atoms with E-state index in [1.54, 1.807) is 0 Å². The van der Waals surface area contributed by atoms with Crippen molar-refractivity contribution in [1.29, 1.82) is 0 Å². The summed E-state index contributed by atoms with van der Waals surface area (Å²) in [5.74, 6) is 0. The Balaban J connectivity index is 2.37. The standard InChI is InChI=1S/C14H27N3O/c1-6-15-13(11-18-14(2,3)4)8-7-12-9-16-17(5)10-12/h9-10,13,15H,6-8,11H2,1-5H3. The number of rotatable bonds is 7. The molecule has 4 nitrogen and oxygen atoms in total. The molecule has 18 heavy (non-hydrogen) atoms. The molecular formula is C14H27N3O. The first-order valence-corrected chi connectivity index (χ1v) is 6.75. The highest BCUT2D eigenvalue weighted by Gasteiger charge is 2.15. The maximum atomic E-state index is 5.85. The van der Waals surface area contributed by atoms with Crippen LogP contribution in [0.5, 0.6) is 0 Å². The zero-order chi connectivity index (χ0) is 13.6. The van der Waals surface area contributed by atoms with E-state index in [-0.39, 0.29) is 5.60 Å². The Morgan fingerprint density at radius 2 is 2.17 bits per heavy atom. The van der Waals surface area contributed by atoms with Gasteiger partial charge in [-0.2, -0.15) is 5.10 Å². The van der Waals surface area contributed by atoms with E-state index in [1.807, 2.05) is 17.9 Å². The third kappa shape index (κ3) is 6.17. The van der Waals surface area contributed by atoms with Gasteiger partial charge in [0.15, 0.2) is 0 Å². The fraction of sp³-hybridized carbons (Fsp3) is 0.786. The van der Waals surface area contributed by atoms with Crippen LogP contribution in [0.15, 0.2) is 12.4 Å². The van der Waals surface area contributed by atoms with Gasteiger partial charge in [0.05, 0.1) is 18.4 Å². The Hall–Kier alpha value is -0.870. The molecule has 0 aliphatic rings. The highest BCUT2D eigenvalue weighted by atomic mass is 16.5. The van der Waals surface area contributed by atoms with Gasteiger partial charge in [0, 0.05) is 19.3 Å². The van der Waals surface area contributed by atoms with Crippen LogP contribution in [-0.2, 0) is 18.2 Å². The first kappa shape index (κ1) is 15.2. The summed E-state index contributed by atoms with van der Waals surface area (Å²) in [6, 6.07) is 0.412. The molecule has 4 heteroatoms. The molecule has 1 atom stereocenters. The zero-order valence-corrected chi connectivity index (χ0v) is 12.4. The van der Waals surface area contributed by atoms with Crippen LogP contribution in [0.4, 0.5) is 0 Å². The van der Waals surface area contributed by atoms with Crippen molar-refractivity contribution in [3.63, 3.8) is 0 Å². The molecule has 0 aliphatic carbocycles. The molecule has 0 radical (unpaired) electrons. The minimum Gasteiger partial charge on any atom is -0.374 e. The van der Waals surface area contributed by atoms with Gasteiger partial charge in [0.2, 0.25) is 0 Å². The van der Waals surface area contributed by atoms with Crippen LogP contribution in [0.3, 0.4) is 0 Å². The van der Waals surface area contributed by atoms with Crippen LogP contribution in [0, 0.1) is 0 Å². The Morgan fingerprint density at radius 1 is 1.44 bits per heavy atom. The van der Waals surface area contributed by atoms with E-state index in [4.69, 9.17) is 4.74 Å². The number of likely N-dealkylation sites (N-methyl/N-ethyl adjacent to an activating group) is 1. The fourth-order valence-corrected chi connectivity index (χ4v) is 1.83. The van der Waals surface area contributed by atoms with Gasteiger partial charge in [0.1, 0.15) is 0 Å². The smallest absolute Gasteiger partial charge is 0.0626 e. The lowest BCUT2D eigenvalue weighted by Gasteiger charge is -2.25. The summed E-state index contributed by atoms with van der Waals surface area (Å²) in [6.07, 6.45) is 6.13. The van der Waals surface area contributed by atoms with E-state index in [9.17, 15) is 0 Å². The van der Waals surface area contributed by atoms with E-state index in [2.05, 4.69) is 44.3 Å². The van der Waals surface area contributed by atoms with Crippen molar-refractivity contribution < 1.29 is 4.74 Å². The summed E-state index contributed by atoms with van der Waals surface area (Å²) in [6.45, 7) is 10.2. The van der Waals surface area contributed by atoms with Crippen molar-refractivity contribution in [1.82, 2.24) is 15.1 Å². The predicted molar refractivity (Wildman–Crippen MR) is 74.7 cm³/mol. The number of hydrogen-bond acceptors (Lipinski definition) is 3. The summed E-state index contributed by atoms with van der Waals surface area (Å²) in [7, 11) is 1.95. The highest BCUT2D eigenvalue weighted by Crippen LogP contribution is 2.10. The third-order valence-corrected chi connectivity index (χ3v) is 2.75. The summed E-state index contributed by atoms with van der Waals surface area (Å²) in [5.41, 5.74) is 1.22. The molecule has 1 unspecified atom stereocenters. The molecule has 1 N–H and O–H groups in total. The minimum absolute atomic E-state index is 0.0675. The van der Waals surface area contributed by atoms with Crippen molar-refractivity contribution in [3.05, 3.63) is 18.0 Å². The number of ether oxygens (including phenoxy) is 1. The predicted octanol–water partition coefficient (Wildman–Crippen LogP) is 2.15. The molecule has 0 aliphatic heterocycles. The van der Waals surface area contributed by atoms with E-state index in [0.29, 0.717) is 6.04 Å². The Labute approximate surface area is 111 Å². The van der Waals surface area contributed by atoms with Crippen molar-refractivity contribution >= 4 is 0 Å². The lowest BCUT2D eigenvalue weighted by molar-refractivity contribution is -0.0151. The van der Waals surface area contributed by atoms with Crippen LogP contribution in [0.1, 0.15) is 39.7 Å². The van der Waals surface area contributed by atoms with E-state index < -0.39 is 0 Å². The van der Waals surface area contributed by atoms with Gasteiger partial charge in [0.25, 0.3) is 0 Å². The van der Waals surface area contributed by atoms with Crippen molar-refractivity contribution in [2.75, 3.05) is 13.2 Å². The van der Waals surface area contributed by atoms with Crippen molar-refractivity contribution in [2.45, 2.75) is 52.2 Å². The SMILES string of the molecule is CCNC(CCc1cnn(C)c1)COC(C)(C)C. The number of nitrogens with zero attached hydrogens (tertiary/aromatic N) is 2. The molecule has 1 aromatic rings. The largest absolute Gasteiger partial charge is 0.374 e. The van der Waals surface area contributed by atoms with E-state index in [1.165, 1.54) is 5.56 Å². The highest BCUT2D eigenvalue weighted by molar-refractivity contribution is 5.03. The molecule has 1 aromatic heterocycles. The molecular weight excluding hydrogens is 226 g/mol. The summed E-state index contributed by atoms with van der Waals surface area (Å²) < 4.78 is 7.70. The summed E-state index contributed by atoms with van der Waals surface area (Å²) in [5, 5.41) is 7.67. The molecule has 0 amide bonds. The normalized spacial score (nSPS) is 13.8. The molecule has 0 saturated heterocycles. The van der Waals surface area contributed by atoms with Crippen LogP contribution < -0.4 is 5.32 Å². The average molecular weight is 253 g/mol. The molecule has 104 valence electrons. The second-order valence-corrected chi connectivity index (χ2v) is 5.74. The summed E-state index contributed by atoms with van der Waals surface area (Å²) in [4.78, 5) is 0. The average Bonchev–Trinajstić information content (AvgIpc) is 2.67. The van der Waals surface area contributed by atoms with Gasteiger partial charge in [-0.05, 0) is 45.7 Å². The Kier molecular flexibility index (Phi) is 5.82. The minimum atomic E-state index is -0.0675. The molecule has 0 saturated carbocycles. The molecule has 0 fully saturated rings. The second kappa shape index (κ2) is 6.90.